The standard InChI is InChI=1S/C12H21N3OS/c1-8(2)11-14-12(17-15-11)13-9-6-4-3-5-7-10(9)16/h8-10,16H,3-7H2,1-2H3,(H,13,14,15). The summed E-state index contributed by atoms with van der Waals surface area (Å²) in [7, 11) is 0. The molecule has 2 N–H and O–H groups in total. The molecule has 1 aliphatic carbocycles. The van der Waals surface area contributed by atoms with E-state index < -0.39 is 0 Å². The third kappa shape index (κ3) is 3.39. The maximum Gasteiger partial charge on any atom is 0.202 e. The van der Waals surface area contributed by atoms with Gasteiger partial charge in [0.05, 0.1) is 12.1 Å². The molecule has 1 fully saturated rings. The zero-order valence-corrected chi connectivity index (χ0v) is 11.3. The normalized spacial score (nSPS) is 25.9. The summed E-state index contributed by atoms with van der Waals surface area (Å²) in [5.41, 5.74) is 0. The Labute approximate surface area is 107 Å². The van der Waals surface area contributed by atoms with Crippen LogP contribution in [0.15, 0.2) is 0 Å². The molecule has 0 bridgehead atoms. The summed E-state index contributed by atoms with van der Waals surface area (Å²) in [6.07, 6.45) is 5.22. The van der Waals surface area contributed by atoms with Crippen molar-refractivity contribution in [3.63, 3.8) is 0 Å². The number of nitrogens with one attached hydrogen (secondary N) is 1. The smallest absolute Gasteiger partial charge is 0.202 e. The van der Waals surface area contributed by atoms with Gasteiger partial charge in [-0.05, 0) is 12.8 Å². The van der Waals surface area contributed by atoms with Crippen molar-refractivity contribution in [3.05, 3.63) is 5.82 Å². The van der Waals surface area contributed by atoms with Crippen LogP contribution in [0, 0.1) is 0 Å². The highest BCUT2D eigenvalue weighted by molar-refractivity contribution is 7.09. The molecule has 1 heterocycles. The van der Waals surface area contributed by atoms with Crippen LogP contribution in [0.3, 0.4) is 0 Å². The minimum atomic E-state index is -0.246. The Bertz CT molecular complexity index is 353. The molecule has 0 amide bonds. The first kappa shape index (κ1) is 12.8. The second-order valence-corrected chi connectivity index (χ2v) is 5.82. The lowest BCUT2D eigenvalue weighted by Crippen LogP contribution is -2.32. The van der Waals surface area contributed by atoms with E-state index in [4.69, 9.17) is 0 Å². The number of nitrogens with zero attached hydrogens (tertiary/aromatic N) is 2. The number of anilines is 1. The Hall–Kier alpha value is -0.680. The average Bonchev–Trinajstić information content (AvgIpc) is 2.66. The maximum absolute atomic E-state index is 10.0. The highest BCUT2D eigenvalue weighted by Gasteiger charge is 2.22. The minimum absolute atomic E-state index is 0.144. The van der Waals surface area contributed by atoms with Crippen LogP contribution >= 0.6 is 11.5 Å². The summed E-state index contributed by atoms with van der Waals surface area (Å²) in [6.45, 7) is 4.18. The molecule has 5 heteroatoms. The zero-order chi connectivity index (χ0) is 12.3. The highest BCUT2D eigenvalue weighted by Crippen LogP contribution is 2.23. The fraction of sp³-hybridized carbons (Fsp3) is 0.833. The van der Waals surface area contributed by atoms with Crippen LogP contribution in [-0.4, -0.2) is 26.6 Å². The lowest BCUT2D eigenvalue weighted by Gasteiger charge is -2.20. The van der Waals surface area contributed by atoms with Gasteiger partial charge in [0, 0.05) is 17.5 Å². The SMILES string of the molecule is CC(C)c1nsc(NC2CCCCCC2O)n1. The van der Waals surface area contributed by atoms with Gasteiger partial charge in [-0.2, -0.15) is 4.37 Å². The number of aliphatic hydroxyl groups excluding tert-OH is 1. The van der Waals surface area contributed by atoms with Gasteiger partial charge in [-0.1, -0.05) is 33.1 Å². The molecule has 2 unspecified atom stereocenters. The molecule has 2 atom stereocenters. The molecule has 0 radical (unpaired) electrons. The van der Waals surface area contributed by atoms with Crippen molar-refractivity contribution >= 4 is 16.7 Å². The van der Waals surface area contributed by atoms with Gasteiger partial charge in [0.15, 0.2) is 0 Å². The molecule has 0 saturated heterocycles. The van der Waals surface area contributed by atoms with Crippen molar-refractivity contribution in [1.29, 1.82) is 0 Å². The van der Waals surface area contributed by atoms with E-state index in [1.165, 1.54) is 24.4 Å². The molecule has 1 aliphatic rings. The van der Waals surface area contributed by atoms with Gasteiger partial charge < -0.3 is 10.4 Å². The molecule has 0 spiro atoms. The number of aliphatic hydroxyl groups is 1. The van der Waals surface area contributed by atoms with E-state index in [0.717, 1.165) is 30.2 Å². The average molecular weight is 255 g/mol. The molecule has 1 saturated carbocycles. The van der Waals surface area contributed by atoms with Crippen molar-refractivity contribution in [3.8, 4) is 0 Å². The molecule has 96 valence electrons. The lowest BCUT2D eigenvalue weighted by molar-refractivity contribution is 0.144. The van der Waals surface area contributed by atoms with Crippen LogP contribution in [0.5, 0.6) is 0 Å². The summed E-state index contributed by atoms with van der Waals surface area (Å²) in [6, 6.07) is 0.144. The summed E-state index contributed by atoms with van der Waals surface area (Å²) >= 11 is 1.40. The van der Waals surface area contributed by atoms with Crippen molar-refractivity contribution < 1.29 is 5.11 Å². The largest absolute Gasteiger partial charge is 0.391 e. The zero-order valence-electron chi connectivity index (χ0n) is 10.5. The Morgan fingerprint density at radius 3 is 2.76 bits per heavy atom. The topological polar surface area (TPSA) is 58.0 Å². The monoisotopic (exact) mass is 255 g/mol. The predicted molar refractivity (Wildman–Crippen MR) is 70.5 cm³/mol. The van der Waals surface area contributed by atoms with Crippen molar-refractivity contribution in [2.45, 2.75) is 64.0 Å². The predicted octanol–water partition coefficient (Wildman–Crippen LogP) is 2.77. The summed E-state index contributed by atoms with van der Waals surface area (Å²) in [5.74, 6) is 1.25. The van der Waals surface area contributed by atoms with Crippen molar-refractivity contribution in [1.82, 2.24) is 9.36 Å². The Morgan fingerprint density at radius 1 is 1.29 bits per heavy atom. The summed E-state index contributed by atoms with van der Waals surface area (Å²) < 4.78 is 4.32. The van der Waals surface area contributed by atoms with E-state index in [1.54, 1.807) is 0 Å². The van der Waals surface area contributed by atoms with Gasteiger partial charge in [0.1, 0.15) is 5.82 Å². The first-order chi connectivity index (χ1) is 8.16. The van der Waals surface area contributed by atoms with Crippen molar-refractivity contribution in [2.24, 2.45) is 0 Å². The Balaban J connectivity index is 1.98. The first-order valence-corrected chi connectivity index (χ1v) is 7.22. The highest BCUT2D eigenvalue weighted by atomic mass is 32.1. The molecule has 2 rings (SSSR count). The van der Waals surface area contributed by atoms with Crippen LogP contribution in [0.2, 0.25) is 0 Å². The maximum atomic E-state index is 10.0. The fourth-order valence-electron chi connectivity index (χ4n) is 2.14. The Morgan fingerprint density at radius 2 is 2.06 bits per heavy atom. The molecule has 4 nitrogen and oxygen atoms in total. The first-order valence-electron chi connectivity index (χ1n) is 6.45. The van der Waals surface area contributed by atoms with E-state index >= 15 is 0 Å². The van der Waals surface area contributed by atoms with Gasteiger partial charge in [-0.25, -0.2) is 4.98 Å². The number of aromatic nitrogens is 2. The lowest BCUT2D eigenvalue weighted by atomic mass is 10.1. The van der Waals surface area contributed by atoms with Gasteiger partial charge >= 0.3 is 0 Å². The number of hydrogen-bond donors (Lipinski definition) is 2. The van der Waals surface area contributed by atoms with Crippen LogP contribution < -0.4 is 5.32 Å². The second-order valence-electron chi connectivity index (χ2n) is 5.07. The molecular weight excluding hydrogens is 234 g/mol. The Kier molecular flexibility index (Phi) is 4.34. The van der Waals surface area contributed by atoms with Gasteiger partial charge in [-0.3, -0.25) is 0 Å². The number of hydrogen-bond acceptors (Lipinski definition) is 5. The van der Waals surface area contributed by atoms with Crippen LogP contribution in [0.25, 0.3) is 0 Å². The molecule has 0 aliphatic heterocycles. The third-order valence-corrected chi connectivity index (χ3v) is 3.91. The van der Waals surface area contributed by atoms with E-state index in [2.05, 4.69) is 28.5 Å². The summed E-state index contributed by atoms with van der Waals surface area (Å²) in [4.78, 5) is 4.45. The van der Waals surface area contributed by atoms with Gasteiger partial charge in [-0.15, -0.1) is 0 Å². The van der Waals surface area contributed by atoms with Gasteiger partial charge in [0.25, 0.3) is 0 Å². The molecule has 0 aromatic carbocycles. The fourth-order valence-corrected chi connectivity index (χ4v) is 2.91. The molecule has 17 heavy (non-hydrogen) atoms. The summed E-state index contributed by atoms with van der Waals surface area (Å²) in [5, 5.41) is 14.2. The molecule has 1 aromatic rings. The van der Waals surface area contributed by atoms with E-state index in [-0.39, 0.29) is 12.1 Å². The van der Waals surface area contributed by atoms with E-state index in [0.29, 0.717) is 5.92 Å². The van der Waals surface area contributed by atoms with Gasteiger partial charge in [0.2, 0.25) is 5.13 Å². The minimum Gasteiger partial charge on any atom is -0.391 e. The van der Waals surface area contributed by atoms with E-state index in [9.17, 15) is 5.11 Å². The van der Waals surface area contributed by atoms with E-state index in [1.807, 2.05) is 0 Å². The van der Waals surface area contributed by atoms with Crippen LogP contribution in [0.4, 0.5) is 5.13 Å². The quantitative estimate of drug-likeness (QED) is 0.815. The van der Waals surface area contributed by atoms with Crippen LogP contribution in [0.1, 0.15) is 57.7 Å². The van der Waals surface area contributed by atoms with Crippen molar-refractivity contribution in [2.75, 3.05) is 5.32 Å². The third-order valence-electron chi connectivity index (χ3n) is 3.25. The molecule has 1 aromatic heterocycles. The second kappa shape index (κ2) is 5.78. The number of rotatable bonds is 3. The van der Waals surface area contributed by atoms with Crippen LogP contribution in [-0.2, 0) is 0 Å². The molecular formula is C12H21N3OS.